The lowest BCUT2D eigenvalue weighted by molar-refractivity contribution is -0.0697. The monoisotopic (exact) mass is 196 g/mol. The van der Waals surface area contributed by atoms with E-state index < -0.39 is 6.18 Å². The van der Waals surface area contributed by atoms with Gasteiger partial charge in [0.15, 0.2) is 0 Å². The van der Waals surface area contributed by atoms with Gasteiger partial charge in [0.05, 0.1) is 0 Å². The van der Waals surface area contributed by atoms with Crippen molar-refractivity contribution in [2.75, 3.05) is 11.5 Å². The van der Waals surface area contributed by atoms with Crippen LogP contribution in [0.4, 0.5) is 13.2 Å². The molecule has 0 spiro atoms. The van der Waals surface area contributed by atoms with Crippen molar-refractivity contribution in [3.63, 3.8) is 0 Å². The second kappa shape index (κ2) is 6.24. The van der Waals surface area contributed by atoms with Gasteiger partial charge in [0.2, 0.25) is 0 Å². The first kappa shape index (κ1) is 11.7. The van der Waals surface area contributed by atoms with Crippen molar-refractivity contribution in [2.24, 2.45) is 0 Å². The van der Waals surface area contributed by atoms with Crippen LogP contribution in [-0.2, 0) is 0 Å². The SMILES string of the molecule is CCCSCCC#CC(F)(F)F. The average molecular weight is 196 g/mol. The zero-order chi connectivity index (χ0) is 9.45. The molecule has 12 heavy (non-hydrogen) atoms. The van der Waals surface area contributed by atoms with Gasteiger partial charge in [0, 0.05) is 18.1 Å². The van der Waals surface area contributed by atoms with E-state index in [4.69, 9.17) is 0 Å². The van der Waals surface area contributed by atoms with E-state index in [1.807, 2.05) is 6.92 Å². The molecule has 0 aromatic carbocycles. The Hall–Kier alpha value is -0.300. The Balaban J connectivity index is 3.34. The molecule has 0 nitrogen and oxygen atoms in total. The largest absolute Gasteiger partial charge is 0.457 e. The zero-order valence-electron chi connectivity index (χ0n) is 6.87. The molecular formula is C8H11F3S. The van der Waals surface area contributed by atoms with Crippen molar-refractivity contribution in [1.82, 2.24) is 0 Å². The number of halogens is 3. The molecular weight excluding hydrogens is 185 g/mol. The number of thioether (sulfide) groups is 1. The number of hydrogen-bond donors (Lipinski definition) is 0. The molecule has 0 atom stereocenters. The molecule has 0 aliphatic heterocycles. The molecule has 0 rings (SSSR count). The van der Waals surface area contributed by atoms with Gasteiger partial charge in [-0.25, -0.2) is 0 Å². The maximum atomic E-state index is 11.5. The normalized spacial score (nSPS) is 10.7. The highest BCUT2D eigenvalue weighted by Crippen LogP contribution is 2.12. The molecule has 0 aliphatic rings. The van der Waals surface area contributed by atoms with Gasteiger partial charge in [-0.05, 0) is 12.2 Å². The van der Waals surface area contributed by atoms with Crippen LogP contribution >= 0.6 is 11.8 Å². The summed E-state index contributed by atoms with van der Waals surface area (Å²) in [6.45, 7) is 2.04. The van der Waals surface area contributed by atoms with Crippen LogP contribution < -0.4 is 0 Å². The molecule has 0 fully saturated rings. The predicted molar refractivity (Wildman–Crippen MR) is 46.1 cm³/mol. The zero-order valence-corrected chi connectivity index (χ0v) is 7.69. The van der Waals surface area contributed by atoms with Crippen LogP contribution in [0, 0.1) is 11.8 Å². The summed E-state index contributed by atoms with van der Waals surface area (Å²) < 4.78 is 34.4. The van der Waals surface area contributed by atoms with Crippen LogP contribution in [0.15, 0.2) is 0 Å². The standard InChI is InChI=1S/C8H11F3S/c1-2-6-12-7-4-3-5-8(9,10)11/h2,4,6-7H2,1H3. The van der Waals surface area contributed by atoms with Crippen LogP contribution in [0.1, 0.15) is 19.8 Å². The third-order valence-corrected chi connectivity index (χ3v) is 2.14. The van der Waals surface area contributed by atoms with Crippen LogP contribution in [0.25, 0.3) is 0 Å². The molecule has 0 aliphatic carbocycles. The van der Waals surface area contributed by atoms with E-state index in [9.17, 15) is 13.2 Å². The van der Waals surface area contributed by atoms with Crippen molar-refractivity contribution in [3.05, 3.63) is 0 Å². The number of rotatable bonds is 4. The molecule has 0 amide bonds. The van der Waals surface area contributed by atoms with Crippen molar-refractivity contribution in [2.45, 2.75) is 25.9 Å². The van der Waals surface area contributed by atoms with Crippen LogP contribution in [0.2, 0.25) is 0 Å². The molecule has 0 radical (unpaired) electrons. The molecule has 0 N–H and O–H groups in total. The third-order valence-electron chi connectivity index (χ3n) is 0.950. The molecule has 0 unspecified atom stereocenters. The molecule has 0 aromatic rings. The highest BCUT2D eigenvalue weighted by Gasteiger charge is 2.22. The summed E-state index contributed by atoms with van der Waals surface area (Å²) in [5, 5.41) is 0. The highest BCUT2D eigenvalue weighted by atomic mass is 32.2. The minimum Gasteiger partial charge on any atom is -0.161 e. The Kier molecular flexibility index (Phi) is 6.09. The Bertz CT molecular complexity index is 163. The Morgan fingerprint density at radius 1 is 1.25 bits per heavy atom. The quantitative estimate of drug-likeness (QED) is 0.492. The van der Waals surface area contributed by atoms with E-state index >= 15 is 0 Å². The van der Waals surface area contributed by atoms with Gasteiger partial charge < -0.3 is 0 Å². The maximum absolute atomic E-state index is 11.5. The van der Waals surface area contributed by atoms with Gasteiger partial charge in [-0.1, -0.05) is 12.8 Å². The fraction of sp³-hybridized carbons (Fsp3) is 0.750. The summed E-state index contributed by atoms with van der Waals surface area (Å²) in [6.07, 6.45) is -2.95. The van der Waals surface area contributed by atoms with Gasteiger partial charge in [-0.15, -0.1) is 0 Å². The minimum absolute atomic E-state index is 0.324. The van der Waals surface area contributed by atoms with Crippen LogP contribution in [0.3, 0.4) is 0 Å². The molecule has 0 heterocycles. The minimum atomic E-state index is -4.32. The highest BCUT2D eigenvalue weighted by molar-refractivity contribution is 7.99. The first-order valence-corrected chi connectivity index (χ1v) is 4.86. The Morgan fingerprint density at radius 3 is 2.42 bits per heavy atom. The van der Waals surface area contributed by atoms with Crippen LogP contribution in [-0.4, -0.2) is 17.7 Å². The van der Waals surface area contributed by atoms with Gasteiger partial charge >= 0.3 is 6.18 Å². The topological polar surface area (TPSA) is 0 Å². The maximum Gasteiger partial charge on any atom is 0.457 e. The summed E-state index contributed by atoms with van der Waals surface area (Å²) in [7, 11) is 0. The molecule has 0 aromatic heterocycles. The predicted octanol–water partition coefficient (Wildman–Crippen LogP) is 3.09. The lowest BCUT2D eigenvalue weighted by atomic mass is 10.4. The van der Waals surface area contributed by atoms with Crippen molar-refractivity contribution in [3.8, 4) is 11.8 Å². The Morgan fingerprint density at radius 2 is 1.92 bits per heavy atom. The summed E-state index contributed by atoms with van der Waals surface area (Å²) >= 11 is 1.63. The van der Waals surface area contributed by atoms with E-state index in [1.165, 1.54) is 5.92 Å². The molecule has 0 saturated heterocycles. The molecule has 0 bridgehead atoms. The van der Waals surface area contributed by atoms with Crippen LogP contribution in [0.5, 0.6) is 0 Å². The first-order valence-electron chi connectivity index (χ1n) is 3.70. The van der Waals surface area contributed by atoms with Gasteiger partial charge in [-0.2, -0.15) is 24.9 Å². The van der Waals surface area contributed by atoms with E-state index in [2.05, 4.69) is 5.92 Å². The van der Waals surface area contributed by atoms with Gasteiger partial charge in [-0.3, -0.25) is 0 Å². The van der Waals surface area contributed by atoms with Gasteiger partial charge in [0.1, 0.15) is 0 Å². The Labute approximate surface area is 74.9 Å². The average Bonchev–Trinajstić information content (AvgIpc) is 1.94. The van der Waals surface area contributed by atoms with E-state index in [0.29, 0.717) is 12.2 Å². The summed E-state index contributed by atoms with van der Waals surface area (Å²) in [5.41, 5.74) is 0. The fourth-order valence-electron chi connectivity index (χ4n) is 0.532. The molecule has 0 saturated carbocycles. The summed E-state index contributed by atoms with van der Waals surface area (Å²) in [4.78, 5) is 0. The lowest BCUT2D eigenvalue weighted by Crippen LogP contribution is -2.01. The summed E-state index contributed by atoms with van der Waals surface area (Å²) in [5.74, 6) is 5.01. The number of alkyl halides is 3. The van der Waals surface area contributed by atoms with Crippen molar-refractivity contribution < 1.29 is 13.2 Å². The number of hydrogen-bond acceptors (Lipinski definition) is 1. The van der Waals surface area contributed by atoms with E-state index in [1.54, 1.807) is 11.8 Å². The first-order chi connectivity index (χ1) is 5.56. The second-order valence-corrected chi connectivity index (χ2v) is 3.39. The smallest absolute Gasteiger partial charge is 0.161 e. The third kappa shape index (κ3) is 9.70. The van der Waals surface area contributed by atoms with Gasteiger partial charge in [0.25, 0.3) is 0 Å². The lowest BCUT2D eigenvalue weighted by Gasteiger charge is -1.94. The molecule has 4 heteroatoms. The van der Waals surface area contributed by atoms with E-state index in [0.717, 1.165) is 12.2 Å². The van der Waals surface area contributed by atoms with Crippen molar-refractivity contribution >= 4 is 11.8 Å². The fourth-order valence-corrected chi connectivity index (χ4v) is 1.27. The van der Waals surface area contributed by atoms with Crippen molar-refractivity contribution in [1.29, 1.82) is 0 Å². The second-order valence-electron chi connectivity index (χ2n) is 2.16. The molecule has 70 valence electrons. The summed E-state index contributed by atoms with van der Waals surface area (Å²) in [6, 6.07) is 0. The van der Waals surface area contributed by atoms with E-state index in [-0.39, 0.29) is 0 Å².